The second-order valence-corrected chi connectivity index (χ2v) is 2.94. The van der Waals surface area contributed by atoms with Gasteiger partial charge in [0.15, 0.2) is 20.4 Å². The second kappa shape index (κ2) is 8.43. The molecule has 1 rings (SSSR count). The van der Waals surface area contributed by atoms with E-state index < -0.39 is 0 Å². The highest BCUT2D eigenvalue weighted by Crippen LogP contribution is 2.17. The Hall–Kier alpha value is -1.72. The fraction of sp³-hybridized carbons (Fsp3) is 0.333. The topological polar surface area (TPSA) is 46.2 Å². The van der Waals surface area contributed by atoms with Crippen LogP contribution in [-0.4, -0.2) is 27.5 Å². The van der Waals surface area contributed by atoms with Crippen molar-refractivity contribution in [2.24, 2.45) is 0 Å². The minimum absolute atomic E-state index is 0.117. The van der Waals surface area contributed by atoms with Crippen molar-refractivity contribution >= 4 is 0 Å². The first-order valence-corrected chi connectivity index (χ1v) is 5.01. The molecule has 0 aliphatic carbocycles. The standard InChI is InChI=1S/C12H16O5/c1-3-14-9-15-10-17-12-6-4-11(5-7-12)16-8-13-2/h3-7H,1,8-10H2,2H3. The highest BCUT2D eigenvalue weighted by Gasteiger charge is 1.96. The average molecular weight is 240 g/mol. The molecule has 0 saturated heterocycles. The van der Waals surface area contributed by atoms with Crippen LogP contribution in [0, 0.1) is 0 Å². The summed E-state index contributed by atoms with van der Waals surface area (Å²) >= 11 is 0. The molecule has 0 radical (unpaired) electrons. The zero-order chi connectivity index (χ0) is 12.3. The van der Waals surface area contributed by atoms with E-state index in [9.17, 15) is 0 Å². The lowest BCUT2D eigenvalue weighted by Gasteiger charge is -2.08. The Morgan fingerprint density at radius 1 is 1.00 bits per heavy atom. The molecule has 0 N–H and O–H groups in total. The van der Waals surface area contributed by atoms with E-state index in [0.717, 1.165) is 5.75 Å². The molecule has 5 heteroatoms. The molecule has 1 aromatic rings. The lowest BCUT2D eigenvalue weighted by molar-refractivity contribution is -0.0707. The van der Waals surface area contributed by atoms with E-state index >= 15 is 0 Å². The van der Waals surface area contributed by atoms with Crippen molar-refractivity contribution in [3.63, 3.8) is 0 Å². The van der Waals surface area contributed by atoms with Crippen LogP contribution >= 0.6 is 0 Å². The minimum Gasteiger partial charge on any atom is -0.476 e. The van der Waals surface area contributed by atoms with Gasteiger partial charge in [-0.05, 0) is 24.3 Å². The van der Waals surface area contributed by atoms with Crippen LogP contribution in [0.5, 0.6) is 11.5 Å². The minimum atomic E-state index is 0.117. The number of ether oxygens (including phenoxy) is 5. The van der Waals surface area contributed by atoms with Gasteiger partial charge in [0, 0.05) is 7.11 Å². The highest BCUT2D eigenvalue weighted by molar-refractivity contribution is 5.31. The van der Waals surface area contributed by atoms with Gasteiger partial charge in [-0.1, -0.05) is 6.58 Å². The van der Waals surface area contributed by atoms with E-state index in [2.05, 4.69) is 6.58 Å². The first-order valence-electron chi connectivity index (χ1n) is 5.01. The number of hydrogen-bond donors (Lipinski definition) is 0. The largest absolute Gasteiger partial charge is 0.476 e. The number of hydrogen-bond acceptors (Lipinski definition) is 5. The van der Waals surface area contributed by atoms with E-state index in [1.54, 1.807) is 31.4 Å². The second-order valence-electron chi connectivity index (χ2n) is 2.94. The SMILES string of the molecule is C=COCOCOc1ccc(OCOC)cc1. The molecule has 0 saturated carbocycles. The van der Waals surface area contributed by atoms with Gasteiger partial charge in [-0.2, -0.15) is 0 Å². The molecule has 0 aliphatic rings. The summed E-state index contributed by atoms with van der Waals surface area (Å²) in [7, 11) is 1.57. The first kappa shape index (κ1) is 13.3. The molecule has 0 amide bonds. The van der Waals surface area contributed by atoms with Gasteiger partial charge in [-0.3, -0.25) is 0 Å². The third-order valence-corrected chi connectivity index (χ3v) is 1.75. The molecule has 94 valence electrons. The van der Waals surface area contributed by atoms with Crippen molar-refractivity contribution in [2.45, 2.75) is 0 Å². The van der Waals surface area contributed by atoms with Gasteiger partial charge < -0.3 is 23.7 Å². The Labute approximate surface area is 100 Å². The molecule has 0 aliphatic heterocycles. The van der Waals surface area contributed by atoms with Crippen molar-refractivity contribution in [3.8, 4) is 11.5 Å². The number of methoxy groups -OCH3 is 1. The van der Waals surface area contributed by atoms with Crippen LogP contribution in [0.4, 0.5) is 0 Å². The summed E-state index contributed by atoms with van der Waals surface area (Å²) in [4.78, 5) is 0. The van der Waals surface area contributed by atoms with E-state index in [4.69, 9.17) is 23.7 Å². The maximum absolute atomic E-state index is 5.29. The summed E-state index contributed by atoms with van der Waals surface area (Å²) < 4.78 is 25.1. The zero-order valence-electron chi connectivity index (χ0n) is 9.76. The maximum atomic E-state index is 5.29. The third kappa shape index (κ3) is 5.79. The van der Waals surface area contributed by atoms with Gasteiger partial charge >= 0.3 is 0 Å². The fourth-order valence-corrected chi connectivity index (χ4v) is 0.999. The van der Waals surface area contributed by atoms with Gasteiger partial charge in [0.2, 0.25) is 0 Å². The monoisotopic (exact) mass is 240 g/mol. The van der Waals surface area contributed by atoms with Crippen molar-refractivity contribution in [1.29, 1.82) is 0 Å². The van der Waals surface area contributed by atoms with E-state index in [1.165, 1.54) is 6.26 Å². The predicted molar refractivity (Wildman–Crippen MR) is 61.7 cm³/mol. The number of rotatable bonds is 9. The molecule has 0 heterocycles. The Morgan fingerprint density at radius 2 is 1.59 bits per heavy atom. The highest BCUT2D eigenvalue weighted by atomic mass is 16.7. The van der Waals surface area contributed by atoms with Crippen LogP contribution in [0.2, 0.25) is 0 Å². The molecule has 0 aromatic heterocycles. The van der Waals surface area contributed by atoms with Crippen LogP contribution in [0.25, 0.3) is 0 Å². The summed E-state index contributed by atoms with van der Waals surface area (Å²) in [6.45, 7) is 3.85. The van der Waals surface area contributed by atoms with Crippen molar-refractivity contribution in [2.75, 3.05) is 27.5 Å². The van der Waals surface area contributed by atoms with Crippen LogP contribution in [0.1, 0.15) is 0 Å². The summed E-state index contributed by atoms with van der Waals surface area (Å²) in [5, 5.41) is 0. The Morgan fingerprint density at radius 3 is 2.12 bits per heavy atom. The fourth-order valence-electron chi connectivity index (χ4n) is 0.999. The van der Waals surface area contributed by atoms with Crippen LogP contribution in [0.15, 0.2) is 37.1 Å². The summed E-state index contributed by atoms with van der Waals surface area (Å²) in [5.74, 6) is 1.41. The molecule has 0 fully saturated rings. The van der Waals surface area contributed by atoms with Gasteiger partial charge in [0.25, 0.3) is 0 Å². The lowest BCUT2D eigenvalue weighted by atomic mass is 10.3. The Kier molecular flexibility index (Phi) is 6.62. The van der Waals surface area contributed by atoms with E-state index in [1.807, 2.05) is 0 Å². The Balaban J connectivity index is 2.23. The molecule has 0 unspecified atom stereocenters. The predicted octanol–water partition coefficient (Wildman–Crippen LogP) is 2.14. The van der Waals surface area contributed by atoms with Crippen molar-refractivity contribution < 1.29 is 23.7 Å². The van der Waals surface area contributed by atoms with E-state index in [-0.39, 0.29) is 20.4 Å². The quantitative estimate of drug-likeness (QED) is 0.376. The third-order valence-electron chi connectivity index (χ3n) is 1.75. The Bertz CT molecular complexity index is 309. The zero-order valence-corrected chi connectivity index (χ0v) is 9.76. The molecule has 1 aromatic carbocycles. The van der Waals surface area contributed by atoms with Gasteiger partial charge in [-0.15, -0.1) is 0 Å². The molecule has 0 spiro atoms. The molecule has 5 nitrogen and oxygen atoms in total. The smallest absolute Gasteiger partial charge is 0.192 e. The molecular formula is C12H16O5. The van der Waals surface area contributed by atoms with E-state index in [0.29, 0.717) is 5.75 Å². The summed E-state index contributed by atoms with van der Waals surface area (Å²) in [6.07, 6.45) is 1.31. The first-order chi connectivity index (χ1) is 8.36. The van der Waals surface area contributed by atoms with Gasteiger partial charge in [-0.25, -0.2) is 0 Å². The lowest BCUT2D eigenvalue weighted by Crippen LogP contribution is -2.04. The number of benzene rings is 1. The molecular weight excluding hydrogens is 224 g/mol. The molecule has 0 atom stereocenters. The maximum Gasteiger partial charge on any atom is 0.192 e. The van der Waals surface area contributed by atoms with Crippen LogP contribution in [0.3, 0.4) is 0 Å². The van der Waals surface area contributed by atoms with Gasteiger partial charge in [0.05, 0.1) is 6.26 Å². The van der Waals surface area contributed by atoms with Crippen molar-refractivity contribution in [1.82, 2.24) is 0 Å². The van der Waals surface area contributed by atoms with Crippen LogP contribution in [-0.2, 0) is 14.2 Å². The molecule has 0 bridgehead atoms. The van der Waals surface area contributed by atoms with Gasteiger partial charge in [0.1, 0.15) is 11.5 Å². The summed E-state index contributed by atoms with van der Waals surface area (Å²) in [6, 6.07) is 7.13. The molecule has 17 heavy (non-hydrogen) atoms. The van der Waals surface area contributed by atoms with Crippen molar-refractivity contribution in [3.05, 3.63) is 37.1 Å². The summed E-state index contributed by atoms with van der Waals surface area (Å²) in [5.41, 5.74) is 0. The average Bonchev–Trinajstić information content (AvgIpc) is 2.37. The normalized spacial score (nSPS) is 9.71. The van der Waals surface area contributed by atoms with Crippen LogP contribution < -0.4 is 9.47 Å².